The van der Waals surface area contributed by atoms with Gasteiger partial charge in [0.25, 0.3) is 5.91 Å². The van der Waals surface area contributed by atoms with E-state index in [1.807, 2.05) is 73.7 Å². The molecule has 3 aromatic rings. The van der Waals surface area contributed by atoms with E-state index >= 15 is 0 Å². The quantitative estimate of drug-likeness (QED) is 0.251. The third-order valence-corrected chi connectivity index (χ3v) is 6.12. The molecule has 5 nitrogen and oxygen atoms in total. The number of hydrogen-bond donors (Lipinski definition) is 0. The fraction of sp³-hybridized carbons (Fsp3) is 0.400. The molecule has 0 aliphatic rings. The van der Waals surface area contributed by atoms with Gasteiger partial charge in [0.15, 0.2) is 0 Å². The molecule has 1 heterocycles. The standard InChI is InChI=1S/C30H38N2O3/c1-3-5-6-8-12-25-16-18-27(19-17-25)30(34)31(20-4-2)24-29(33)32(23-28-15-11-21-35-28)22-26-13-9-7-10-14-26/h7,9-11,13-19,21H,3-6,8,12,20,22-24H2,1-2H3. The summed E-state index contributed by atoms with van der Waals surface area (Å²) in [7, 11) is 0. The molecule has 0 saturated carbocycles. The molecule has 0 radical (unpaired) electrons. The number of rotatable bonds is 14. The summed E-state index contributed by atoms with van der Waals surface area (Å²) >= 11 is 0. The molecule has 35 heavy (non-hydrogen) atoms. The summed E-state index contributed by atoms with van der Waals surface area (Å²) in [5, 5.41) is 0. The maximum atomic E-state index is 13.4. The number of benzene rings is 2. The summed E-state index contributed by atoms with van der Waals surface area (Å²) in [5.74, 6) is 0.521. The third kappa shape index (κ3) is 8.43. The second-order valence-corrected chi connectivity index (χ2v) is 9.05. The molecule has 0 bridgehead atoms. The first-order valence-electron chi connectivity index (χ1n) is 12.8. The van der Waals surface area contributed by atoms with Crippen LogP contribution in [-0.2, 0) is 24.3 Å². The van der Waals surface area contributed by atoms with Crippen molar-refractivity contribution in [1.82, 2.24) is 9.80 Å². The maximum Gasteiger partial charge on any atom is 0.254 e. The number of aryl methyl sites for hydroxylation is 1. The van der Waals surface area contributed by atoms with Crippen LogP contribution in [0.25, 0.3) is 0 Å². The van der Waals surface area contributed by atoms with Crippen LogP contribution in [0.2, 0.25) is 0 Å². The smallest absolute Gasteiger partial charge is 0.254 e. The van der Waals surface area contributed by atoms with E-state index in [1.165, 1.54) is 31.2 Å². The van der Waals surface area contributed by atoms with Crippen molar-refractivity contribution in [3.63, 3.8) is 0 Å². The highest BCUT2D eigenvalue weighted by molar-refractivity contribution is 5.96. The summed E-state index contributed by atoms with van der Waals surface area (Å²) in [6.45, 7) is 5.63. The highest BCUT2D eigenvalue weighted by Crippen LogP contribution is 2.15. The predicted molar refractivity (Wildman–Crippen MR) is 140 cm³/mol. The number of nitrogens with zero attached hydrogens (tertiary/aromatic N) is 2. The van der Waals surface area contributed by atoms with E-state index in [1.54, 1.807) is 16.1 Å². The van der Waals surface area contributed by atoms with Crippen LogP contribution in [0.1, 0.15) is 73.2 Å². The molecule has 2 amide bonds. The van der Waals surface area contributed by atoms with Crippen molar-refractivity contribution in [3.05, 3.63) is 95.4 Å². The number of amides is 2. The van der Waals surface area contributed by atoms with Crippen molar-refractivity contribution in [2.24, 2.45) is 0 Å². The van der Waals surface area contributed by atoms with Crippen molar-refractivity contribution in [3.8, 4) is 0 Å². The average Bonchev–Trinajstić information content (AvgIpc) is 3.40. The first-order chi connectivity index (χ1) is 17.1. The number of unbranched alkanes of at least 4 members (excludes halogenated alkanes) is 3. The van der Waals surface area contributed by atoms with Crippen LogP contribution in [0, 0.1) is 0 Å². The summed E-state index contributed by atoms with van der Waals surface area (Å²) in [6.07, 6.45) is 8.33. The van der Waals surface area contributed by atoms with Gasteiger partial charge in [-0.05, 0) is 54.7 Å². The summed E-state index contributed by atoms with van der Waals surface area (Å²) in [5.41, 5.74) is 2.92. The van der Waals surface area contributed by atoms with Crippen LogP contribution in [-0.4, -0.2) is 34.7 Å². The van der Waals surface area contributed by atoms with Gasteiger partial charge < -0.3 is 14.2 Å². The molecule has 0 saturated heterocycles. The van der Waals surface area contributed by atoms with E-state index in [0.717, 1.165) is 24.2 Å². The molecule has 2 aromatic carbocycles. The Morgan fingerprint density at radius 1 is 0.743 bits per heavy atom. The van der Waals surface area contributed by atoms with Crippen molar-refractivity contribution < 1.29 is 14.0 Å². The van der Waals surface area contributed by atoms with Crippen molar-refractivity contribution >= 4 is 11.8 Å². The zero-order chi connectivity index (χ0) is 24.9. The molecule has 0 aliphatic heterocycles. The molecule has 3 rings (SSSR count). The fourth-order valence-electron chi connectivity index (χ4n) is 4.16. The van der Waals surface area contributed by atoms with Crippen LogP contribution in [0.3, 0.4) is 0 Å². The molecule has 0 unspecified atom stereocenters. The molecule has 0 aliphatic carbocycles. The van der Waals surface area contributed by atoms with Gasteiger partial charge in [-0.1, -0.05) is 75.6 Å². The van der Waals surface area contributed by atoms with Gasteiger partial charge in [-0.15, -0.1) is 0 Å². The van der Waals surface area contributed by atoms with Crippen molar-refractivity contribution in [2.45, 2.75) is 65.5 Å². The molecular formula is C30H38N2O3. The van der Waals surface area contributed by atoms with Crippen LogP contribution in [0.5, 0.6) is 0 Å². The number of carbonyl (C=O) groups excluding carboxylic acids is 2. The summed E-state index contributed by atoms with van der Waals surface area (Å²) in [6, 6.07) is 21.5. The average molecular weight is 475 g/mol. The summed E-state index contributed by atoms with van der Waals surface area (Å²) in [4.78, 5) is 30.1. The highest BCUT2D eigenvalue weighted by Gasteiger charge is 2.23. The maximum absolute atomic E-state index is 13.4. The van der Waals surface area contributed by atoms with E-state index in [4.69, 9.17) is 4.42 Å². The first kappa shape index (κ1) is 26.3. The van der Waals surface area contributed by atoms with Crippen LogP contribution in [0.4, 0.5) is 0 Å². The lowest BCUT2D eigenvalue weighted by molar-refractivity contribution is -0.133. The molecule has 5 heteroatoms. The van der Waals surface area contributed by atoms with Crippen LogP contribution >= 0.6 is 0 Å². The molecule has 0 N–H and O–H groups in total. The Hall–Kier alpha value is -3.34. The lowest BCUT2D eigenvalue weighted by Gasteiger charge is -2.27. The van der Waals surface area contributed by atoms with Gasteiger partial charge in [0.1, 0.15) is 12.3 Å². The van der Waals surface area contributed by atoms with Gasteiger partial charge in [-0.2, -0.15) is 0 Å². The Morgan fingerprint density at radius 2 is 1.51 bits per heavy atom. The SMILES string of the molecule is CCCCCCc1ccc(C(=O)N(CCC)CC(=O)N(Cc2ccccc2)Cc2ccco2)cc1. The minimum absolute atomic E-state index is 0.0407. The van der Waals surface area contributed by atoms with Gasteiger partial charge in [0.05, 0.1) is 12.8 Å². The van der Waals surface area contributed by atoms with Crippen LogP contribution in [0.15, 0.2) is 77.4 Å². The van der Waals surface area contributed by atoms with E-state index in [9.17, 15) is 9.59 Å². The number of carbonyl (C=O) groups is 2. The van der Waals surface area contributed by atoms with Crippen LogP contribution < -0.4 is 0 Å². The van der Waals surface area contributed by atoms with E-state index in [-0.39, 0.29) is 18.4 Å². The number of hydrogen-bond acceptors (Lipinski definition) is 3. The van der Waals surface area contributed by atoms with Gasteiger partial charge in [0, 0.05) is 18.7 Å². The monoisotopic (exact) mass is 474 g/mol. The molecule has 1 aromatic heterocycles. The zero-order valence-corrected chi connectivity index (χ0v) is 21.1. The Morgan fingerprint density at radius 3 is 2.17 bits per heavy atom. The minimum Gasteiger partial charge on any atom is -0.467 e. The minimum atomic E-state index is -0.101. The van der Waals surface area contributed by atoms with Crippen molar-refractivity contribution in [2.75, 3.05) is 13.1 Å². The normalized spacial score (nSPS) is 10.8. The molecule has 186 valence electrons. The largest absolute Gasteiger partial charge is 0.467 e. The lowest BCUT2D eigenvalue weighted by Crippen LogP contribution is -2.42. The summed E-state index contributed by atoms with van der Waals surface area (Å²) < 4.78 is 5.50. The molecule has 0 fully saturated rings. The second kappa shape index (κ2) is 14.1. The van der Waals surface area contributed by atoms with E-state index in [0.29, 0.717) is 25.2 Å². The predicted octanol–water partition coefficient (Wildman–Crippen LogP) is 6.48. The fourth-order valence-corrected chi connectivity index (χ4v) is 4.16. The highest BCUT2D eigenvalue weighted by atomic mass is 16.3. The molecule has 0 spiro atoms. The third-order valence-electron chi connectivity index (χ3n) is 6.12. The first-order valence-corrected chi connectivity index (χ1v) is 12.8. The molecule has 0 atom stereocenters. The Bertz CT molecular complexity index is 1010. The lowest BCUT2D eigenvalue weighted by atomic mass is 10.0. The zero-order valence-electron chi connectivity index (χ0n) is 21.1. The van der Waals surface area contributed by atoms with Gasteiger partial charge in [0.2, 0.25) is 5.91 Å². The van der Waals surface area contributed by atoms with Gasteiger partial charge in [-0.25, -0.2) is 0 Å². The Labute approximate surface area is 209 Å². The topological polar surface area (TPSA) is 53.8 Å². The number of furan rings is 1. The Kier molecular flexibility index (Phi) is 10.6. The Balaban J connectivity index is 1.68. The van der Waals surface area contributed by atoms with Crippen molar-refractivity contribution in [1.29, 1.82) is 0 Å². The van der Waals surface area contributed by atoms with Gasteiger partial charge >= 0.3 is 0 Å². The molecular weight excluding hydrogens is 436 g/mol. The second-order valence-electron chi connectivity index (χ2n) is 9.05. The van der Waals surface area contributed by atoms with Gasteiger partial charge in [-0.3, -0.25) is 9.59 Å². The van der Waals surface area contributed by atoms with E-state index in [2.05, 4.69) is 6.92 Å². The van der Waals surface area contributed by atoms with E-state index < -0.39 is 0 Å².